The second-order valence-corrected chi connectivity index (χ2v) is 9.43. The van der Waals surface area contributed by atoms with Gasteiger partial charge in [-0.1, -0.05) is 35.1 Å². The Bertz CT molecular complexity index is 1180. The summed E-state index contributed by atoms with van der Waals surface area (Å²) < 4.78 is 1.09. The summed E-state index contributed by atoms with van der Waals surface area (Å²) in [6, 6.07) is 15.6. The number of hydrogen-bond acceptors (Lipinski definition) is 5. The Morgan fingerprint density at radius 2 is 1.93 bits per heavy atom. The highest BCUT2D eigenvalue weighted by atomic mass is 35.5. The van der Waals surface area contributed by atoms with Gasteiger partial charge in [-0.05, 0) is 66.9 Å². The van der Waals surface area contributed by atoms with Crippen molar-refractivity contribution in [2.45, 2.75) is 25.3 Å². The van der Waals surface area contributed by atoms with Gasteiger partial charge in [0.15, 0.2) is 5.13 Å². The fourth-order valence-electron chi connectivity index (χ4n) is 3.02. The lowest BCUT2D eigenvalue weighted by Gasteiger charge is -2.19. The molecule has 4 nitrogen and oxygen atoms in total. The number of fused-ring (bicyclic) bond motifs is 1. The second kappa shape index (κ2) is 9.16. The molecule has 0 unspecified atom stereocenters. The quantitative estimate of drug-likeness (QED) is 0.322. The fraction of sp³-hybridized carbons (Fsp3) is 0.174. The molecule has 0 aliphatic carbocycles. The first-order valence-corrected chi connectivity index (χ1v) is 11.6. The monoisotopic (exact) mass is 453 g/mol. The second-order valence-electron chi connectivity index (χ2n) is 6.93. The number of benzene rings is 2. The van der Waals surface area contributed by atoms with Gasteiger partial charge in [-0.3, -0.25) is 14.7 Å². The molecule has 4 rings (SSSR count). The zero-order valence-corrected chi connectivity index (χ0v) is 19.0. The van der Waals surface area contributed by atoms with E-state index in [0.717, 1.165) is 26.2 Å². The maximum Gasteiger partial charge on any atom is 0.239 e. The van der Waals surface area contributed by atoms with Crippen LogP contribution in [0.1, 0.15) is 16.7 Å². The van der Waals surface area contributed by atoms with E-state index in [1.807, 2.05) is 36.4 Å². The lowest BCUT2D eigenvalue weighted by atomic mass is 10.1. The number of hydrogen-bond donors (Lipinski definition) is 0. The summed E-state index contributed by atoms with van der Waals surface area (Å²) in [6.07, 6.45) is 3.52. The summed E-state index contributed by atoms with van der Waals surface area (Å²) in [6.45, 7) is 4.59. The number of anilines is 1. The molecule has 2 heterocycles. The summed E-state index contributed by atoms with van der Waals surface area (Å²) in [4.78, 5) is 25.0. The van der Waals surface area contributed by atoms with E-state index in [2.05, 4.69) is 31.0 Å². The normalized spacial score (nSPS) is 11.0. The molecule has 0 N–H and O–H groups in total. The Morgan fingerprint density at radius 3 is 2.67 bits per heavy atom. The van der Waals surface area contributed by atoms with Crippen molar-refractivity contribution in [2.75, 3.05) is 10.7 Å². The molecule has 1 amide bonds. The van der Waals surface area contributed by atoms with Crippen LogP contribution in [0.5, 0.6) is 0 Å². The van der Waals surface area contributed by atoms with Crippen LogP contribution in [0.15, 0.2) is 65.8 Å². The number of thiazole rings is 1. The van der Waals surface area contributed by atoms with Gasteiger partial charge in [0.2, 0.25) is 5.91 Å². The molecule has 0 atom stereocenters. The topological polar surface area (TPSA) is 46.1 Å². The average Bonchev–Trinajstić information content (AvgIpc) is 3.19. The van der Waals surface area contributed by atoms with Crippen molar-refractivity contribution in [1.29, 1.82) is 0 Å². The fourth-order valence-corrected chi connectivity index (χ4v) is 4.96. The first-order chi connectivity index (χ1) is 14.5. The van der Waals surface area contributed by atoms with Gasteiger partial charge in [-0.2, -0.15) is 0 Å². The Morgan fingerprint density at radius 1 is 1.13 bits per heavy atom. The molecule has 0 fully saturated rings. The van der Waals surface area contributed by atoms with E-state index in [4.69, 9.17) is 16.6 Å². The highest BCUT2D eigenvalue weighted by Gasteiger charge is 2.21. The van der Waals surface area contributed by atoms with Gasteiger partial charge in [-0.15, -0.1) is 11.8 Å². The standard InChI is InChI=1S/C23H20ClN3OS2/c1-15-5-10-20-22(16(15)2)26-23(30-20)27(13-17-4-3-11-25-12-17)21(28)14-29-19-8-6-18(24)7-9-19/h3-12H,13-14H2,1-2H3. The minimum absolute atomic E-state index is 0.00670. The number of halogens is 1. The molecule has 0 saturated carbocycles. The Labute approximate surface area is 188 Å². The molecule has 2 aromatic heterocycles. The van der Waals surface area contributed by atoms with Gasteiger partial charge in [0.1, 0.15) is 0 Å². The van der Waals surface area contributed by atoms with Gasteiger partial charge in [0.25, 0.3) is 0 Å². The molecule has 0 bridgehead atoms. The largest absolute Gasteiger partial charge is 0.283 e. The molecular formula is C23H20ClN3OS2. The van der Waals surface area contributed by atoms with Gasteiger partial charge in [0, 0.05) is 22.3 Å². The summed E-state index contributed by atoms with van der Waals surface area (Å²) in [5, 5.41) is 1.40. The molecular weight excluding hydrogens is 434 g/mol. The first-order valence-electron chi connectivity index (χ1n) is 9.45. The lowest BCUT2D eigenvalue weighted by molar-refractivity contribution is -0.116. The molecule has 0 aliphatic heterocycles. The van der Waals surface area contributed by atoms with Crippen molar-refractivity contribution in [3.63, 3.8) is 0 Å². The van der Waals surface area contributed by atoms with E-state index < -0.39 is 0 Å². The number of carbonyl (C=O) groups is 1. The minimum Gasteiger partial charge on any atom is -0.283 e. The van der Waals surface area contributed by atoms with Crippen LogP contribution in [0.25, 0.3) is 10.2 Å². The SMILES string of the molecule is Cc1ccc2sc(N(Cc3cccnc3)C(=O)CSc3ccc(Cl)cc3)nc2c1C. The number of pyridine rings is 1. The zero-order valence-electron chi connectivity index (χ0n) is 16.6. The number of carbonyl (C=O) groups excluding carboxylic acids is 1. The maximum absolute atomic E-state index is 13.2. The van der Waals surface area contributed by atoms with Gasteiger partial charge < -0.3 is 0 Å². The van der Waals surface area contributed by atoms with Crippen molar-refractivity contribution in [3.05, 3.63) is 82.6 Å². The first kappa shape index (κ1) is 20.8. The molecule has 0 spiro atoms. The van der Waals surface area contributed by atoms with Gasteiger partial charge in [0.05, 0.1) is 22.5 Å². The molecule has 30 heavy (non-hydrogen) atoms. The number of thioether (sulfide) groups is 1. The van der Waals surface area contributed by atoms with Crippen LogP contribution >= 0.6 is 34.7 Å². The minimum atomic E-state index is 0.00670. The third-order valence-corrected chi connectivity index (χ3v) is 7.14. The Hall–Kier alpha value is -2.41. The van der Waals surface area contributed by atoms with Crippen molar-refractivity contribution in [3.8, 4) is 0 Å². The Balaban J connectivity index is 1.63. The van der Waals surface area contributed by atoms with Gasteiger partial charge in [-0.25, -0.2) is 4.98 Å². The van der Waals surface area contributed by atoms with Crippen molar-refractivity contribution in [2.24, 2.45) is 0 Å². The van der Waals surface area contributed by atoms with E-state index in [0.29, 0.717) is 22.5 Å². The van der Waals surface area contributed by atoms with Crippen molar-refractivity contribution >= 4 is 56.0 Å². The molecule has 0 saturated heterocycles. The van der Waals surface area contributed by atoms with Crippen LogP contribution < -0.4 is 4.90 Å². The van der Waals surface area contributed by atoms with Crippen molar-refractivity contribution in [1.82, 2.24) is 9.97 Å². The van der Waals surface area contributed by atoms with Crippen LogP contribution in [-0.2, 0) is 11.3 Å². The van der Waals surface area contributed by atoms with E-state index in [1.54, 1.807) is 28.6 Å². The predicted octanol–water partition coefficient (Wildman–Crippen LogP) is 6.29. The van der Waals surface area contributed by atoms with E-state index >= 15 is 0 Å². The number of aromatic nitrogens is 2. The molecule has 0 aliphatic rings. The number of aryl methyl sites for hydroxylation is 2. The van der Waals surface area contributed by atoms with Crippen LogP contribution in [-0.4, -0.2) is 21.6 Å². The zero-order chi connectivity index (χ0) is 21.1. The highest BCUT2D eigenvalue weighted by Crippen LogP contribution is 2.33. The molecule has 4 aromatic rings. The van der Waals surface area contributed by atoms with E-state index in [9.17, 15) is 4.79 Å². The summed E-state index contributed by atoms with van der Waals surface area (Å²) in [5.41, 5.74) is 4.28. The lowest BCUT2D eigenvalue weighted by Crippen LogP contribution is -2.31. The summed E-state index contributed by atoms with van der Waals surface area (Å²) >= 11 is 9.00. The number of amides is 1. The van der Waals surface area contributed by atoms with Gasteiger partial charge >= 0.3 is 0 Å². The molecule has 152 valence electrons. The number of rotatable bonds is 6. The van der Waals surface area contributed by atoms with E-state index in [1.165, 1.54) is 17.3 Å². The van der Waals surface area contributed by atoms with Crippen molar-refractivity contribution < 1.29 is 4.79 Å². The summed E-state index contributed by atoms with van der Waals surface area (Å²) in [7, 11) is 0. The van der Waals surface area contributed by atoms with Crippen LogP contribution in [0.4, 0.5) is 5.13 Å². The molecule has 2 aromatic carbocycles. The Kier molecular flexibility index (Phi) is 6.37. The third-order valence-electron chi connectivity index (χ3n) is 4.84. The third kappa shape index (κ3) is 4.67. The van der Waals surface area contributed by atoms with Crippen LogP contribution in [0.2, 0.25) is 5.02 Å². The number of nitrogens with zero attached hydrogens (tertiary/aromatic N) is 3. The predicted molar refractivity (Wildman–Crippen MR) is 127 cm³/mol. The van der Waals surface area contributed by atoms with Crippen LogP contribution in [0, 0.1) is 13.8 Å². The summed E-state index contributed by atoms with van der Waals surface area (Å²) in [5.74, 6) is 0.322. The highest BCUT2D eigenvalue weighted by molar-refractivity contribution is 8.00. The smallest absolute Gasteiger partial charge is 0.239 e. The molecule has 7 heteroatoms. The molecule has 0 radical (unpaired) electrons. The maximum atomic E-state index is 13.2. The van der Waals surface area contributed by atoms with E-state index in [-0.39, 0.29) is 5.91 Å². The average molecular weight is 454 g/mol. The van der Waals surface area contributed by atoms with Crippen LogP contribution in [0.3, 0.4) is 0 Å².